The molecule has 1 heterocycles. The van der Waals surface area contributed by atoms with Gasteiger partial charge in [0.2, 0.25) is 0 Å². The third-order valence-corrected chi connectivity index (χ3v) is 5.66. The maximum absolute atomic E-state index is 2.36. The number of imidazole rings is 1. The van der Waals surface area contributed by atoms with Crippen molar-refractivity contribution in [3.8, 4) is 17.1 Å². The molecule has 0 saturated carbocycles. The Labute approximate surface area is 158 Å². The van der Waals surface area contributed by atoms with Gasteiger partial charge in [-0.25, -0.2) is 4.57 Å². The van der Waals surface area contributed by atoms with Gasteiger partial charge in [0.05, 0.1) is 12.6 Å². The van der Waals surface area contributed by atoms with Crippen molar-refractivity contribution in [1.29, 1.82) is 0 Å². The van der Waals surface area contributed by atoms with E-state index in [1.807, 2.05) is 0 Å². The molecule has 2 aromatic carbocycles. The van der Waals surface area contributed by atoms with Crippen LogP contribution in [0, 0.1) is 20.8 Å². The SMILES string of the molecule is CCC(C)(C)c1ccccc1-c1n(-c2c(C)cc(C)cc2C)cc[n+]1C. The fourth-order valence-electron chi connectivity index (χ4n) is 3.99. The van der Waals surface area contributed by atoms with Gasteiger partial charge in [0.25, 0.3) is 5.82 Å². The van der Waals surface area contributed by atoms with E-state index < -0.39 is 0 Å². The maximum Gasteiger partial charge on any atom is 0.294 e. The van der Waals surface area contributed by atoms with E-state index >= 15 is 0 Å². The van der Waals surface area contributed by atoms with E-state index in [0.29, 0.717) is 0 Å². The lowest BCUT2D eigenvalue weighted by Gasteiger charge is -2.25. The number of aromatic nitrogens is 2. The van der Waals surface area contributed by atoms with E-state index in [1.165, 1.54) is 39.3 Å². The molecule has 136 valence electrons. The zero-order valence-corrected chi connectivity index (χ0v) is 17.2. The van der Waals surface area contributed by atoms with Crippen LogP contribution in [0.25, 0.3) is 17.1 Å². The molecular formula is C24H31N2+. The summed E-state index contributed by atoms with van der Waals surface area (Å²) in [5.41, 5.74) is 8.08. The van der Waals surface area contributed by atoms with Gasteiger partial charge in [-0.2, -0.15) is 4.57 Å². The smallest absolute Gasteiger partial charge is 0.232 e. The number of hydrogen-bond acceptors (Lipinski definition) is 0. The van der Waals surface area contributed by atoms with E-state index in [2.05, 4.69) is 107 Å². The van der Waals surface area contributed by atoms with Gasteiger partial charge in [-0.15, -0.1) is 0 Å². The van der Waals surface area contributed by atoms with Crippen LogP contribution >= 0.6 is 0 Å². The molecule has 0 radical (unpaired) electrons. The van der Waals surface area contributed by atoms with Gasteiger partial charge in [-0.3, -0.25) is 0 Å². The summed E-state index contributed by atoms with van der Waals surface area (Å²) in [4.78, 5) is 0. The van der Waals surface area contributed by atoms with Gasteiger partial charge in [0.15, 0.2) is 0 Å². The molecule has 0 bridgehead atoms. The van der Waals surface area contributed by atoms with Crippen LogP contribution in [0.2, 0.25) is 0 Å². The molecule has 0 spiro atoms. The lowest BCUT2D eigenvalue weighted by atomic mass is 9.79. The molecule has 3 aromatic rings. The van der Waals surface area contributed by atoms with Gasteiger partial charge >= 0.3 is 0 Å². The molecule has 0 unspecified atom stereocenters. The monoisotopic (exact) mass is 347 g/mol. The molecule has 0 aliphatic rings. The Morgan fingerprint density at radius 2 is 1.62 bits per heavy atom. The van der Waals surface area contributed by atoms with Gasteiger partial charge < -0.3 is 0 Å². The highest BCUT2D eigenvalue weighted by Gasteiger charge is 2.29. The summed E-state index contributed by atoms with van der Waals surface area (Å²) >= 11 is 0. The van der Waals surface area contributed by atoms with Crippen LogP contribution < -0.4 is 4.57 Å². The quantitative estimate of drug-likeness (QED) is 0.545. The van der Waals surface area contributed by atoms with Crippen molar-refractivity contribution in [3.05, 3.63) is 71.0 Å². The number of nitrogens with zero attached hydrogens (tertiary/aromatic N) is 2. The lowest BCUT2D eigenvalue weighted by Crippen LogP contribution is -2.30. The Balaban J connectivity index is 2.31. The topological polar surface area (TPSA) is 8.81 Å². The fourth-order valence-corrected chi connectivity index (χ4v) is 3.99. The Morgan fingerprint density at radius 3 is 2.23 bits per heavy atom. The molecule has 1 aromatic heterocycles. The Bertz CT molecular complexity index is 922. The van der Waals surface area contributed by atoms with Gasteiger partial charge in [0, 0.05) is 0 Å². The van der Waals surface area contributed by atoms with Crippen LogP contribution in [0.5, 0.6) is 0 Å². The number of rotatable bonds is 4. The van der Waals surface area contributed by atoms with E-state index in [9.17, 15) is 0 Å². The number of benzene rings is 2. The molecule has 26 heavy (non-hydrogen) atoms. The summed E-state index contributed by atoms with van der Waals surface area (Å²) in [7, 11) is 2.14. The third kappa shape index (κ3) is 3.09. The summed E-state index contributed by atoms with van der Waals surface area (Å²) in [6.07, 6.45) is 5.45. The van der Waals surface area contributed by atoms with Gasteiger partial charge in [0.1, 0.15) is 18.1 Å². The second-order valence-electron chi connectivity index (χ2n) is 8.13. The molecule has 2 nitrogen and oxygen atoms in total. The first-order valence-electron chi connectivity index (χ1n) is 9.51. The first-order chi connectivity index (χ1) is 12.3. The van der Waals surface area contributed by atoms with Gasteiger partial charge in [-0.1, -0.05) is 56.7 Å². The van der Waals surface area contributed by atoms with Crippen molar-refractivity contribution in [2.24, 2.45) is 7.05 Å². The Morgan fingerprint density at radius 1 is 1.00 bits per heavy atom. The average Bonchev–Trinajstić information content (AvgIpc) is 2.95. The largest absolute Gasteiger partial charge is 0.294 e. The van der Waals surface area contributed by atoms with Crippen LogP contribution in [0.4, 0.5) is 0 Å². The van der Waals surface area contributed by atoms with E-state index in [4.69, 9.17) is 0 Å². The number of aryl methyl sites for hydroxylation is 4. The standard InChI is InChI=1S/C24H31N2/c1-8-24(5,6)21-12-10-9-11-20(21)23-25(7)13-14-26(23)22-18(3)15-17(2)16-19(22)4/h9-16H,8H2,1-7H3/q+1. The minimum atomic E-state index is 0.135. The van der Waals surface area contributed by atoms with E-state index in [1.54, 1.807) is 0 Å². The second-order valence-corrected chi connectivity index (χ2v) is 8.13. The van der Waals surface area contributed by atoms with Crippen LogP contribution in [-0.4, -0.2) is 4.57 Å². The van der Waals surface area contributed by atoms with Crippen molar-refractivity contribution < 1.29 is 4.57 Å². The fraction of sp³-hybridized carbons (Fsp3) is 0.375. The Kier molecular flexibility index (Phi) is 4.79. The molecule has 0 aliphatic carbocycles. The van der Waals surface area contributed by atoms with Crippen molar-refractivity contribution in [2.45, 2.75) is 53.4 Å². The molecule has 0 amide bonds. The molecule has 0 saturated heterocycles. The molecular weight excluding hydrogens is 316 g/mol. The van der Waals surface area contributed by atoms with Crippen LogP contribution in [0.15, 0.2) is 48.8 Å². The van der Waals surface area contributed by atoms with Crippen LogP contribution in [0.1, 0.15) is 49.4 Å². The zero-order valence-electron chi connectivity index (χ0n) is 17.2. The predicted molar refractivity (Wildman–Crippen MR) is 110 cm³/mol. The van der Waals surface area contributed by atoms with Gasteiger partial charge in [-0.05, 0) is 55.4 Å². The molecule has 0 atom stereocenters. The highest BCUT2D eigenvalue weighted by atomic mass is 15.1. The lowest BCUT2D eigenvalue weighted by molar-refractivity contribution is -0.659. The molecule has 0 fully saturated rings. The first-order valence-corrected chi connectivity index (χ1v) is 9.51. The zero-order chi connectivity index (χ0) is 19.1. The number of hydrogen-bond donors (Lipinski definition) is 0. The normalized spacial score (nSPS) is 11.8. The molecule has 0 N–H and O–H groups in total. The summed E-state index contributed by atoms with van der Waals surface area (Å²) < 4.78 is 4.60. The highest BCUT2D eigenvalue weighted by Crippen LogP contribution is 2.35. The van der Waals surface area contributed by atoms with Crippen molar-refractivity contribution in [1.82, 2.24) is 4.57 Å². The average molecular weight is 348 g/mol. The summed E-state index contributed by atoms with van der Waals surface area (Å²) in [5.74, 6) is 1.23. The first kappa shape index (κ1) is 18.4. The third-order valence-electron chi connectivity index (χ3n) is 5.66. The van der Waals surface area contributed by atoms with Crippen LogP contribution in [-0.2, 0) is 12.5 Å². The van der Waals surface area contributed by atoms with Crippen molar-refractivity contribution in [3.63, 3.8) is 0 Å². The maximum atomic E-state index is 2.36. The van der Waals surface area contributed by atoms with Crippen molar-refractivity contribution >= 4 is 0 Å². The van der Waals surface area contributed by atoms with Crippen LogP contribution in [0.3, 0.4) is 0 Å². The predicted octanol–water partition coefficient (Wildman–Crippen LogP) is 5.58. The van der Waals surface area contributed by atoms with E-state index in [-0.39, 0.29) is 5.41 Å². The molecule has 3 rings (SSSR count). The second kappa shape index (κ2) is 6.75. The van der Waals surface area contributed by atoms with E-state index in [0.717, 1.165) is 6.42 Å². The summed E-state index contributed by atoms with van der Waals surface area (Å²) in [6, 6.07) is 13.4. The molecule has 0 aliphatic heterocycles. The Hall–Kier alpha value is -2.35. The minimum absolute atomic E-state index is 0.135. The minimum Gasteiger partial charge on any atom is -0.232 e. The summed E-state index contributed by atoms with van der Waals surface area (Å²) in [5, 5.41) is 0. The summed E-state index contributed by atoms with van der Waals surface area (Å²) in [6.45, 7) is 13.5. The molecule has 2 heteroatoms. The van der Waals surface area contributed by atoms with Crippen molar-refractivity contribution in [2.75, 3.05) is 0 Å². The highest BCUT2D eigenvalue weighted by molar-refractivity contribution is 5.64.